The summed E-state index contributed by atoms with van der Waals surface area (Å²) in [7, 11) is 1.59. The quantitative estimate of drug-likeness (QED) is 0.453. The first-order valence-electron chi connectivity index (χ1n) is 10.9. The van der Waals surface area contributed by atoms with Crippen LogP contribution in [0.4, 0.5) is 32.0 Å². The van der Waals surface area contributed by atoms with E-state index in [1.807, 2.05) is 24.3 Å². The Bertz CT molecular complexity index is 1290. The van der Waals surface area contributed by atoms with Crippen molar-refractivity contribution in [3.63, 3.8) is 0 Å². The first-order chi connectivity index (χ1) is 17.0. The highest BCUT2D eigenvalue weighted by Gasteiger charge is 2.39. The fourth-order valence-corrected chi connectivity index (χ4v) is 5.06. The van der Waals surface area contributed by atoms with Crippen molar-refractivity contribution in [3.05, 3.63) is 52.8 Å². The van der Waals surface area contributed by atoms with Gasteiger partial charge in [-0.05, 0) is 42.5 Å². The fraction of sp³-hybridized carbons (Fsp3) is 0.391. The van der Waals surface area contributed by atoms with E-state index in [1.54, 1.807) is 7.11 Å². The van der Waals surface area contributed by atoms with Gasteiger partial charge >= 0.3 is 18.3 Å². The Balaban J connectivity index is 1.52. The SMILES string of the molecule is COc1ccc(N2CCN(CCn3c(=NC(=O)C(F)(F)F)sc4cc(C(F)(F)F)ccc43)CC2)cc1. The maximum absolute atomic E-state index is 13.1. The third-order valence-electron chi connectivity index (χ3n) is 5.90. The maximum Gasteiger partial charge on any atom is 0.473 e. The Morgan fingerprint density at radius 1 is 0.972 bits per heavy atom. The number of rotatable bonds is 5. The van der Waals surface area contributed by atoms with Gasteiger partial charge in [-0.3, -0.25) is 9.69 Å². The normalized spacial score (nSPS) is 16.1. The fourth-order valence-electron chi connectivity index (χ4n) is 3.97. The average Bonchev–Trinajstić information content (AvgIpc) is 3.18. The molecule has 0 atom stereocenters. The number of hydrogen-bond acceptors (Lipinski definition) is 5. The number of alkyl halides is 6. The monoisotopic (exact) mass is 532 g/mol. The number of carbonyl (C=O) groups is 1. The van der Waals surface area contributed by atoms with E-state index in [2.05, 4.69) is 14.8 Å². The van der Waals surface area contributed by atoms with E-state index in [0.717, 1.165) is 36.7 Å². The molecule has 0 radical (unpaired) electrons. The second-order valence-corrected chi connectivity index (χ2v) is 9.17. The van der Waals surface area contributed by atoms with Gasteiger partial charge in [-0.15, -0.1) is 0 Å². The van der Waals surface area contributed by atoms with Gasteiger partial charge in [-0.1, -0.05) is 11.3 Å². The molecule has 36 heavy (non-hydrogen) atoms. The number of halogens is 6. The Kier molecular flexibility index (Phi) is 7.32. The molecular formula is C23H22F6N4O2S. The molecule has 0 saturated carbocycles. The van der Waals surface area contributed by atoms with E-state index in [1.165, 1.54) is 10.6 Å². The van der Waals surface area contributed by atoms with E-state index in [0.29, 0.717) is 36.5 Å². The number of hydrogen-bond donors (Lipinski definition) is 0. The highest BCUT2D eigenvalue weighted by atomic mass is 32.1. The predicted octanol–water partition coefficient (Wildman–Crippen LogP) is 4.54. The van der Waals surface area contributed by atoms with Crippen LogP contribution >= 0.6 is 11.3 Å². The summed E-state index contributed by atoms with van der Waals surface area (Å²) in [5.41, 5.74) is 0.409. The molecule has 6 nitrogen and oxygen atoms in total. The molecule has 1 saturated heterocycles. The topological polar surface area (TPSA) is 50.1 Å². The highest BCUT2D eigenvalue weighted by molar-refractivity contribution is 7.16. The number of aromatic nitrogens is 1. The van der Waals surface area contributed by atoms with Crippen LogP contribution in [0.5, 0.6) is 5.75 Å². The molecule has 1 amide bonds. The van der Waals surface area contributed by atoms with Crippen LogP contribution in [0.15, 0.2) is 47.5 Å². The van der Waals surface area contributed by atoms with Crippen LogP contribution in [-0.2, 0) is 17.5 Å². The number of carbonyl (C=O) groups excluding carboxylic acids is 1. The summed E-state index contributed by atoms with van der Waals surface area (Å²) < 4.78 is 84.5. The zero-order valence-corrected chi connectivity index (χ0v) is 19.9. The lowest BCUT2D eigenvalue weighted by Gasteiger charge is -2.36. The van der Waals surface area contributed by atoms with Crippen molar-refractivity contribution >= 4 is 33.1 Å². The van der Waals surface area contributed by atoms with E-state index in [4.69, 9.17) is 4.74 Å². The third-order valence-corrected chi connectivity index (χ3v) is 6.94. The van der Waals surface area contributed by atoms with Gasteiger partial charge in [0.15, 0.2) is 4.80 Å². The van der Waals surface area contributed by atoms with Gasteiger partial charge in [0.2, 0.25) is 0 Å². The van der Waals surface area contributed by atoms with Crippen molar-refractivity contribution in [3.8, 4) is 5.75 Å². The Labute approximate surface area is 206 Å². The van der Waals surface area contributed by atoms with E-state index >= 15 is 0 Å². The summed E-state index contributed by atoms with van der Waals surface area (Å²) in [4.78, 5) is 18.7. The number of ether oxygens (including phenoxy) is 1. The first-order valence-corrected chi connectivity index (χ1v) is 11.7. The number of methoxy groups -OCH3 is 1. The van der Waals surface area contributed by atoms with Crippen molar-refractivity contribution in [2.24, 2.45) is 4.99 Å². The number of thiazole rings is 1. The lowest BCUT2D eigenvalue weighted by Crippen LogP contribution is -2.47. The summed E-state index contributed by atoms with van der Waals surface area (Å²) in [6.07, 6.45) is -9.78. The highest BCUT2D eigenvalue weighted by Crippen LogP contribution is 2.32. The second-order valence-electron chi connectivity index (χ2n) is 8.16. The minimum absolute atomic E-state index is 0.0999. The number of piperazine rings is 1. The van der Waals surface area contributed by atoms with Crippen molar-refractivity contribution in [2.75, 3.05) is 44.7 Å². The summed E-state index contributed by atoms with van der Waals surface area (Å²) >= 11 is 0.624. The van der Waals surface area contributed by atoms with Crippen LogP contribution in [0.3, 0.4) is 0 Å². The predicted molar refractivity (Wildman–Crippen MR) is 123 cm³/mol. The molecule has 13 heteroatoms. The summed E-state index contributed by atoms with van der Waals surface area (Å²) in [6.45, 7) is 3.40. The van der Waals surface area contributed by atoms with Gasteiger partial charge in [0.05, 0.1) is 22.9 Å². The van der Waals surface area contributed by atoms with Gasteiger partial charge in [0.1, 0.15) is 5.75 Å². The number of nitrogens with zero attached hydrogens (tertiary/aromatic N) is 4. The van der Waals surface area contributed by atoms with Crippen LogP contribution in [-0.4, -0.2) is 61.4 Å². The maximum atomic E-state index is 13.1. The van der Waals surface area contributed by atoms with Crippen molar-refractivity contribution in [1.82, 2.24) is 9.47 Å². The minimum Gasteiger partial charge on any atom is -0.497 e. The van der Waals surface area contributed by atoms with Crippen molar-refractivity contribution in [1.29, 1.82) is 0 Å². The molecule has 2 heterocycles. The lowest BCUT2D eigenvalue weighted by atomic mass is 10.2. The zero-order valence-electron chi connectivity index (χ0n) is 19.1. The minimum atomic E-state index is -5.18. The number of fused-ring (bicyclic) bond motifs is 1. The van der Waals surface area contributed by atoms with Crippen LogP contribution in [0, 0.1) is 0 Å². The summed E-state index contributed by atoms with van der Waals surface area (Å²) in [5, 5.41) is 0. The molecule has 0 aliphatic carbocycles. The summed E-state index contributed by atoms with van der Waals surface area (Å²) in [5.74, 6) is -1.54. The lowest BCUT2D eigenvalue weighted by molar-refractivity contribution is -0.169. The molecular weight excluding hydrogens is 510 g/mol. The smallest absolute Gasteiger partial charge is 0.473 e. The molecule has 0 bridgehead atoms. The molecule has 194 valence electrons. The first kappa shape index (κ1) is 26.0. The molecule has 0 N–H and O–H groups in total. The van der Waals surface area contributed by atoms with Gasteiger partial charge in [0.25, 0.3) is 0 Å². The Hall–Kier alpha value is -3.06. The van der Waals surface area contributed by atoms with E-state index in [9.17, 15) is 31.1 Å². The molecule has 1 aliphatic rings. The molecule has 1 aliphatic heterocycles. The molecule has 0 unspecified atom stereocenters. The van der Waals surface area contributed by atoms with Crippen molar-refractivity contribution in [2.45, 2.75) is 18.9 Å². The molecule has 3 aromatic rings. The molecule has 1 fully saturated rings. The Morgan fingerprint density at radius 2 is 1.64 bits per heavy atom. The van der Waals surface area contributed by atoms with Gasteiger partial charge in [-0.25, -0.2) is 0 Å². The Morgan fingerprint density at radius 3 is 2.22 bits per heavy atom. The zero-order chi connectivity index (χ0) is 26.1. The van der Waals surface area contributed by atoms with Crippen LogP contribution in [0.2, 0.25) is 0 Å². The third kappa shape index (κ3) is 5.84. The van der Waals surface area contributed by atoms with Crippen LogP contribution < -0.4 is 14.4 Å². The standard InChI is InChI=1S/C23H22F6N4O2S/c1-35-17-5-3-16(4-6-17)32-11-8-31(9-12-32)10-13-33-18-7-2-15(22(24,25)26)14-19(18)36-21(33)30-20(34)23(27,28)29/h2-7,14H,8-13H2,1H3. The largest absolute Gasteiger partial charge is 0.497 e. The molecule has 4 rings (SSSR count). The van der Waals surface area contributed by atoms with E-state index < -0.39 is 23.8 Å². The summed E-state index contributed by atoms with van der Waals surface area (Å²) in [6, 6.07) is 10.6. The van der Waals surface area contributed by atoms with Gasteiger partial charge in [0, 0.05) is 45.0 Å². The molecule has 1 aromatic heterocycles. The second kappa shape index (κ2) is 10.1. The van der Waals surface area contributed by atoms with Gasteiger partial charge < -0.3 is 14.2 Å². The number of benzene rings is 2. The van der Waals surface area contributed by atoms with Crippen LogP contribution in [0.1, 0.15) is 5.56 Å². The molecule has 0 spiro atoms. The number of anilines is 1. The average molecular weight is 533 g/mol. The molecule has 2 aromatic carbocycles. The van der Waals surface area contributed by atoms with Crippen LogP contribution in [0.25, 0.3) is 10.2 Å². The van der Waals surface area contributed by atoms with Gasteiger partial charge in [-0.2, -0.15) is 31.3 Å². The number of amides is 1. The van der Waals surface area contributed by atoms with E-state index in [-0.39, 0.29) is 16.0 Å². The van der Waals surface area contributed by atoms with Crippen molar-refractivity contribution < 1.29 is 35.9 Å².